The van der Waals surface area contributed by atoms with Crippen molar-refractivity contribution < 1.29 is 9.59 Å². The van der Waals surface area contributed by atoms with Gasteiger partial charge in [0.2, 0.25) is 0 Å². The van der Waals surface area contributed by atoms with E-state index in [0.29, 0.717) is 31.7 Å². The quantitative estimate of drug-likeness (QED) is 0.863. The van der Waals surface area contributed by atoms with E-state index in [2.05, 4.69) is 10.2 Å². The zero-order valence-electron chi connectivity index (χ0n) is 14.8. The van der Waals surface area contributed by atoms with Gasteiger partial charge in [-0.05, 0) is 24.3 Å². The number of benzene rings is 1. The fourth-order valence-corrected chi connectivity index (χ4v) is 2.84. The highest BCUT2D eigenvalue weighted by Gasteiger charge is 2.26. The molecule has 3 rings (SSSR count). The summed E-state index contributed by atoms with van der Waals surface area (Å²) in [5.41, 5.74) is 1.45. The van der Waals surface area contributed by atoms with E-state index in [-0.39, 0.29) is 23.1 Å². The summed E-state index contributed by atoms with van der Waals surface area (Å²) in [6, 6.07) is 10.2. The van der Waals surface area contributed by atoms with Gasteiger partial charge in [-0.25, -0.2) is 5.10 Å². The van der Waals surface area contributed by atoms with E-state index >= 15 is 0 Å². The standard InChI is InChI=1S/C18H21N5O3/c1-21(2)14-5-3-4-13(12-14)17(25)22-8-10-23(11-9-22)18(26)15-6-7-16(24)20-19-15/h3-7,12H,8-11H2,1-2H3,(H,20,24). The Kier molecular flexibility index (Phi) is 5.01. The van der Waals surface area contributed by atoms with E-state index in [9.17, 15) is 14.4 Å². The third-order valence-corrected chi connectivity index (χ3v) is 4.36. The average molecular weight is 355 g/mol. The first-order valence-electron chi connectivity index (χ1n) is 8.37. The van der Waals surface area contributed by atoms with Crippen LogP contribution in [0.3, 0.4) is 0 Å². The molecule has 0 saturated carbocycles. The molecule has 0 radical (unpaired) electrons. The van der Waals surface area contributed by atoms with Gasteiger partial charge < -0.3 is 14.7 Å². The predicted octanol–water partition coefficient (Wildman–Crippen LogP) is 0.434. The van der Waals surface area contributed by atoms with Gasteiger partial charge in [0.05, 0.1) is 0 Å². The maximum Gasteiger partial charge on any atom is 0.274 e. The smallest absolute Gasteiger partial charge is 0.274 e. The fourth-order valence-electron chi connectivity index (χ4n) is 2.84. The van der Waals surface area contributed by atoms with Crippen LogP contribution in [0.1, 0.15) is 20.8 Å². The molecule has 136 valence electrons. The molecule has 1 aliphatic heterocycles. The first-order chi connectivity index (χ1) is 12.5. The Hall–Kier alpha value is -3.16. The Labute approximate surface area is 151 Å². The average Bonchev–Trinajstić information content (AvgIpc) is 2.67. The van der Waals surface area contributed by atoms with Crippen molar-refractivity contribution in [2.45, 2.75) is 0 Å². The number of aromatic amines is 1. The molecule has 1 N–H and O–H groups in total. The number of H-pyrrole nitrogens is 1. The fraction of sp³-hybridized carbons (Fsp3) is 0.333. The molecule has 2 heterocycles. The van der Waals surface area contributed by atoms with Crippen molar-refractivity contribution in [3.8, 4) is 0 Å². The molecule has 2 amide bonds. The van der Waals surface area contributed by atoms with Gasteiger partial charge in [-0.15, -0.1) is 0 Å². The van der Waals surface area contributed by atoms with Gasteiger partial charge >= 0.3 is 0 Å². The number of hydrogen-bond donors (Lipinski definition) is 1. The Morgan fingerprint density at radius 2 is 1.65 bits per heavy atom. The molecule has 1 aromatic carbocycles. The number of carbonyl (C=O) groups is 2. The second kappa shape index (κ2) is 7.38. The van der Waals surface area contributed by atoms with E-state index in [1.54, 1.807) is 15.9 Å². The number of nitrogens with one attached hydrogen (secondary N) is 1. The van der Waals surface area contributed by atoms with Gasteiger partial charge in [-0.2, -0.15) is 5.10 Å². The number of piperazine rings is 1. The van der Waals surface area contributed by atoms with Gasteiger partial charge in [0.1, 0.15) is 5.69 Å². The number of anilines is 1. The van der Waals surface area contributed by atoms with Crippen LogP contribution in [0.25, 0.3) is 0 Å². The molecule has 8 heteroatoms. The van der Waals surface area contributed by atoms with Crippen molar-refractivity contribution in [2.24, 2.45) is 0 Å². The van der Waals surface area contributed by atoms with Crippen molar-refractivity contribution in [2.75, 3.05) is 45.2 Å². The summed E-state index contributed by atoms with van der Waals surface area (Å²) in [4.78, 5) is 41.5. The van der Waals surface area contributed by atoms with E-state index < -0.39 is 0 Å². The van der Waals surface area contributed by atoms with Gasteiger partial charge in [0.25, 0.3) is 17.4 Å². The lowest BCUT2D eigenvalue weighted by atomic mass is 10.1. The van der Waals surface area contributed by atoms with Crippen LogP contribution in [-0.2, 0) is 0 Å². The van der Waals surface area contributed by atoms with E-state index in [1.165, 1.54) is 12.1 Å². The summed E-state index contributed by atoms with van der Waals surface area (Å²) in [7, 11) is 3.86. The van der Waals surface area contributed by atoms with Crippen LogP contribution in [0.2, 0.25) is 0 Å². The highest BCUT2D eigenvalue weighted by atomic mass is 16.2. The van der Waals surface area contributed by atoms with Crippen molar-refractivity contribution in [3.05, 3.63) is 58.0 Å². The molecule has 1 aliphatic rings. The molecule has 8 nitrogen and oxygen atoms in total. The minimum Gasteiger partial charge on any atom is -0.378 e. The highest BCUT2D eigenvalue weighted by molar-refractivity contribution is 5.96. The number of rotatable bonds is 3. The van der Waals surface area contributed by atoms with Crippen LogP contribution in [0.5, 0.6) is 0 Å². The first kappa shape index (κ1) is 17.7. The molecule has 2 aromatic rings. The summed E-state index contributed by atoms with van der Waals surface area (Å²) >= 11 is 0. The number of nitrogens with zero attached hydrogens (tertiary/aromatic N) is 4. The van der Waals surface area contributed by atoms with Gasteiger partial charge in [0, 0.05) is 57.6 Å². The van der Waals surface area contributed by atoms with Crippen LogP contribution in [0.4, 0.5) is 5.69 Å². The van der Waals surface area contributed by atoms with Crippen molar-refractivity contribution in [1.29, 1.82) is 0 Å². The third-order valence-electron chi connectivity index (χ3n) is 4.36. The predicted molar refractivity (Wildman–Crippen MR) is 97.4 cm³/mol. The zero-order chi connectivity index (χ0) is 18.7. The molecule has 1 aromatic heterocycles. The van der Waals surface area contributed by atoms with Crippen molar-refractivity contribution in [1.82, 2.24) is 20.0 Å². The van der Waals surface area contributed by atoms with Crippen LogP contribution < -0.4 is 10.5 Å². The SMILES string of the molecule is CN(C)c1cccc(C(=O)N2CCN(C(=O)c3ccc(=O)[nH]n3)CC2)c1. The van der Waals surface area contributed by atoms with E-state index in [1.807, 2.05) is 37.2 Å². The van der Waals surface area contributed by atoms with Crippen LogP contribution in [-0.4, -0.2) is 72.1 Å². The minimum absolute atomic E-state index is 0.0389. The normalized spacial score (nSPS) is 14.2. The molecular weight excluding hydrogens is 334 g/mol. The second-order valence-corrected chi connectivity index (χ2v) is 6.34. The Morgan fingerprint density at radius 3 is 2.23 bits per heavy atom. The number of amides is 2. The number of carbonyl (C=O) groups excluding carboxylic acids is 2. The summed E-state index contributed by atoms with van der Waals surface area (Å²) < 4.78 is 0. The molecular formula is C18H21N5O3. The maximum atomic E-state index is 12.7. The highest BCUT2D eigenvalue weighted by Crippen LogP contribution is 2.16. The Morgan fingerprint density at radius 1 is 1.00 bits per heavy atom. The molecule has 0 bridgehead atoms. The van der Waals surface area contributed by atoms with Crippen LogP contribution >= 0.6 is 0 Å². The summed E-state index contributed by atoms with van der Waals surface area (Å²) in [5.74, 6) is -0.286. The number of hydrogen-bond acceptors (Lipinski definition) is 5. The van der Waals surface area contributed by atoms with E-state index in [4.69, 9.17) is 0 Å². The molecule has 1 saturated heterocycles. The topological polar surface area (TPSA) is 89.6 Å². The third kappa shape index (κ3) is 3.74. The van der Waals surface area contributed by atoms with Crippen molar-refractivity contribution >= 4 is 17.5 Å². The molecule has 0 atom stereocenters. The molecule has 0 aliphatic carbocycles. The maximum absolute atomic E-state index is 12.7. The Balaban J connectivity index is 1.63. The molecule has 1 fully saturated rings. The summed E-state index contributed by atoms with van der Waals surface area (Å²) in [6.07, 6.45) is 0. The summed E-state index contributed by atoms with van der Waals surface area (Å²) in [6.45, 7) is 1.78. The molecule has 0 unspecified atom stereocenters. The lowest BCUT2D eigenvalue weighted by Gasteiger charge is -2.34. The van der Waals surface area contributed by atoms with Crippen LogP contribution in [0, 0.1) is 0 Å². The zero-order valence-corrected chi connectivity index (χ0v) is 14.8. The van der Waals surface area contributed by atoms with Crippen LogP contribution in [0.15, 0.2) is 41.2 Å². The Bertz CT molecular complexity index is 849. The lowest BCUT2D eigenvalue weighted by Crippen LogP contribution is -2.50. The summed E-state index contributed by atoms with van der Waals surface area (Å²) in [5, 5.41) is 6.03. The second-order valence-electron chi connectivity index (χ2n) is 6.34. The molecule has 0 spiro atoms. The minimum atomic E-state index is -0.350. The lowest BCUT2D eigenvalue weighted by molar-refractivity contribution is 0.0531. The molecule has 26 heavy (non-hydrogen) atoms. The van der Waals surface area contributed by atoms with Crippen molar-refractivity contribution in [3.63, 3.8) is 0 Å². The van der Waals surface area contributed by atoms with E-state index in [0.717, 1.165) is 5.69 Å². The van der Waals surface area contributed by atoms with Gasteiger partial charge in [0.15, 0.2) is 0 Å². The first-order valence-corrected chi connectivity index (χ1v) is 8.37. The largest absolute Gasteiger partial charge is 0.378 e. The number of aromatic nitrogens is 2. The monoisotopic (exact) mass is 355 g/mol. The van der Waals surface area contributed by atoms with Gasteiger partial charge in [-0.3, -0.25) is 14.4 Å². The van der Waals surface area contributed by atoms with Gasteiger partial charge in [-0.1, -0.05) is 6.07 Å².